The first kappa shape index (κ1) is 10.8. The standard InChI is InChI=1S/C8H8Cl2O2S/c1-6-4-8(9)3-2-7(6)5-13(10,11)12/h2-4H,5H2,1H3. The van der Waals surface area contributed by atoms with Gasteiger partial charge in [0.2, 0.25) is 9.05 Å². The van der Waals surface area contributed by atoms with E-state index in [-0.39, 0.29) is 5.75 Å². The number of rotatable bonds is 2. The molecule has 0 unspecified atom stereocenters. The summed E-state index contributed by atoms with van der Waals surface area (Å²) >= 11 is 5.71. The molecular formula is C8H8Cl2O2S. The van der Waals surface area contributed by atoms with Crippen LogP contribution < -0.4 is 0 Å². The fraction of sp³-hybridized carbons (Fsp3) is 0.250. The van der Waals surface area contributed by atoms with Gasteiger partial charge in [0.05, 0.1) is 5.75 Å². The summed E-state index contributed by atoms with van der Waals surface area (Å²) in [5.74, 6) is -0.155. The van der Waals surface area contributed by atoms with Gasteiger partial charge in [-0.15, -0.1) is 0 Å². The third-order valence-corrected chi connectivity index (χ3v) is 2.85. The van der Waals surface area contributed by atoms with E-state index in [4.69, 9.17) is 22.3 Å². The molecule has 0 fully saturated rings. The van der Waals surface area contributed by atoms with Crippen LogP contribution in [-0.2, 0) is 14.8 Å². The minimum absolute atomic E-state index is 0.155. The Morgan fingerprint density at radius 3 is 2.46 bits per heavy atom. The molecule has 0 aliphatic rings. The molecule has 1 aromatic carbocycles. The molecule has 0 aromatic heterocycles. The van der Waals surface area contributed by atoms with Crippen LogP contribution in [0.15, 0.2) is 18.2 Å². The quantitative estimate of drug-likeness (QED) is 0.743. The highest BCUT2D eigenvalue weighted by molar-refractivity contribution is 8.13. The summed E-state index contributed by atoms with van der Waals surface area (Å²) in [6, 6.07) is 5.02. The molecule has 72 valence electrons. The highest BCUT2D eigenvalue weighted by atomic mass is 35.7. The van der Waals surface area contributed by atoms with E-state index < -0.39 is 9.05 Å². The number of benzene rings is 1. The van der Waals surface area contributed by atoms with Crippen molar-refractivity contribution >= 4 is 31.3 Å². The third-order valence-electron chi connectivity index (χ3n) is 1.63. The van der Waals surface area contributed by atoms with Crippen molar-refractivity contribution in [2.24, 2.45) is 0 Å². The number of aryl methyl sites for hydroxylation is 1. The highest BCUT2D eigenvalue weighted by Crippen LogP contribution is 2.18. The van der Waals surface area contributed by atoms with Crippen LogP contribution in [0.1, 0.15) is 11.1 Å². The molecule has 0 aliphatic heterocycles. The molecule has 5 heteroatoms. The van der Waals surface area contributed by atoms with Gasteiger partial charge >= 0.3 is 0 Å². The maximum Gasteiger partial charge on any atom is 0.236 e. The lowest BCUT2D eigenvalue weighted by atomic mass is 10.1. The summed E-state index contributed by atoms with van der Waals surface area (Å²) in [5, 5.41) is 0.591. The van der Waals surface area contributed by atoms with Gasteiger partial charge in [0.1, 0.15) is 0 Å². The first-order valence-corrected chi connectivity index (χ1v) is 6.41. The second kappa shape index (κ2) is 3.86. The van der Waals surface area contributed by atoms with Gasteiger partial charge in [-0.2, -0.15) is 0 Å². The molecule has 0 spiro atoms. The van der Waals surface area contributed by atoms with Crippen LogP contribution in [0, 0.1) is 6.92 Å². The van der Waals surface area contributed by atoms with E-state index in [1.54, 1.807) is 25.1 Å². The Bertz CT molecular complexity index is 412. The van der Waals surface area contributed by atoms with Crippen molar-refractivity contribution in [3.63, 3.8) is 0 Å². The molecule has 1 aromatic rings. The Morgan fingerprint density at radius 1 is 1.38 bits per heavy atom. The Labute approximate surface area is 86.9 Å². The largest absolute Gasteiger partial charge is 0.236 e. The van der Waals surface area contributed by atoms with E-state index in [0.717, 1.165) is 5.56 Å². The summed E-state index contributed by atoms with van der Waals surface area (Å²) in [5.41, 5.74) is 1.51. The van der Waals surface area contributed by atoms with Crippen molar-refractivity contribution in [2.75, 3.05) is 0 Å². The van der Waals surface area contributed by atoms with E-state index in [1.807, 2.05) is 0 Å². The topological polar surface area (TPSA) is 34.1 Å². The molecule has 0 amide bonds. The van der Waals surface area contributed by atoms with Crippen molar-refractivity contribution in [1.29, 1.82) is 0 Å². The summed E-state index contributed by atoms with van der Waals surface area (Å²) in [7, 11) is 1.64. The van der Waals surface area contributed by atoms with Crippen molar-refractivity contribution in [2.45, 2.75) is 12.7 Å². The molecule has 1 rings (SSSR count). The summed E-state index contributed by atoms with van der Waals surface area (Å²) in [6.45, 7) is 1.79. The minimum atomic E-state index is -3.48. The molecule has 0 bridgehead atoms. The summed E-state index contributed by atoms with van der Waals surface area (Å²) in [6.07, 6.45) is 0. The fourth-order valence-corrected chi connectivity index (χ4v) is 2.28. The fourth-order valence-electron chi connectivity index (χ4n) is 1.01. The van der Waals surface area contributed by atoms with Gasteiger partial charge < -0.3 is 0 Å². The molecule has 0 aliphatic carbocycles. The Morgan fingerprint density at radius 2 is 2.00 bits per heavy atom. The second-order valence-electron chi connectivity index (χ2n) is 2.75. The van der Waals surface area contributed by atoms with Crippen LogP contribution in [0.3, 0.4) is 0 Å². The normalized spacial score (nSPS) is 11.6. The maximum absolute atomic E-state index is 10.8. The van der Waals surface area contributed by atoms with Crippen LogP contribution in [-0.4, -0.2) is 8.42 Å². The van der Waals surface area contributed by atoms with Crippen LogP contribution >= 0.6 is 22.3 Å². The van der Waals surface area contributed by atoms with Crippen molar-refractivity contribution in [1.82, 2.24) is 0 Å². The zero-order valence-electron chi connectivity index (χ0n) is 6.92. The molecule has 2 nitrogen and oxygen atoms in total. The van der Waals surface area contributed by atoms with Gasteiger partial charge in [0.15, 0.2) is 0 Å². The van der Waals surface area contributed by atoms with E-state index in [2.05, 4.69) is 0 Å². The van der Waals surface area contributed by atoms with Crippen LogP contribution in [0.4, 0.5) is 0 Å². The van der Waals surface area contributed by atoms with Crippen molar-refractivity contribution in [3.05, 3.63) is 34.3 Å². The van der Waals surface area contributed by atoms with Gasteiger partial charge in [-0.05, 0) is 30.2 Å². The molecule has 0 saturated heterocycles. The highest BCUT2D eigenvalue weighted by Gasteiger charge is 2.09. The Balaban J connectivity index is 3.04. The number of hydrogen-bond acceptors (Lipinski definition) is 2. The lowest BCUT2D eigenvalue weighted by Crippen LogP contribution is -1.97. The SMILES string of the molecule is Cc1cc(Cl)ccc1CS(=O)(=O)Cl. The Kier molecular flexibility index (Phi) is 3.22. The van der Waals surface area contributed by atoms with Gasteiger partial charge in [0, 0.05) is 15.7 Å². The van der Waals surface area contributed by atoms with Crippen LogP contribution in [0.25, 0.3) is 0 Å². The van der Waals surface area contributed by atoms with Gasteiger partial charge in [0.25, 0.3) is 0 Å². The predicted octanol–water partition coefficient (Wildman–Crippen LogP) is 2.72. The van der Waals surface area contributed by atoms with Gasteiger partial charge in [-0.1, -0.05) is 17.7 Å². The van der Waals surface area contributed by atoms with Crippen LogP contribution in [0.2, 0.25) is 5.02 Å². The summed E-state index contributed by atoms with van der Waals surface area (Å²) < 4.78 is 21.5. The first-order valence-electron chi connectivity index (χ1n) is 3.56. The van der Waals surface area contributed by atoms with Crippen molar-refractivity contribution < 1.29 is 8.42 Å². The maximum atomic E-state index is 10.8. The average molecular weight is 239 g/mol. The zero-order chi connectivity index (χ0) is 10.1. The van der Waals surface area contributed by atoms with Gasteiger partial charge in [-0.3, -0.25) is 0 Å². The molecule has 0 radical (unpaired) electrons. The molecule has 0 saturated carbocycles. The molecule has 13 heavy (non-hydrogen) atoms. The zero-order valence-corrected chi connectivity index (χ0v) is 9.25. The smallest absolute Gasteiger partial charge is 0.212 e. The lowest BCUT2D eigenvalue weighted by Gasteiger charge is -2.02. The molecule has 0 N–H and O–H groups in total. The monoisotopic (exact) mass is 238 g/mol. The van der Waals surface area contributed by atoms with Crippen molar-refractivity contribution in [3.8, 4) is 0 Å². The Hall–Kier alpha value is -0.250. The second-order valence-corrected chi connectivity index (χ2v) is 5.97. The molecule has 0 atom stereocenters. The molecular weight excluding hydrogens is 231 g/mol. The number of hydrogen-bond donors (Lipinski definition) is 0. The van der Waals surface area contributed by atoms with Crippen LogP contribution in [0.5, 0.6) is 0 Å². The average Bonchev–Trinajstić information content (AvgIpc) is 1.93. The van der Waals surface area contributed by atoms with E-state index in [1.165, 1.54) is 0 Å². The van der Waals surface area contributed by atoms with E-state index >= 15 is 0 Å². The first-order chi connectivity index (χ1) is 5.88. The summed E-state index contributed by atoms with van der Waals surface area (Å²) in [4.78, 5) is 0. The van der Waals surface area contributed by atoms with E-state index in [9.17, 15) is 8.42 Å². The molecule has 0 heterocycles. The van der Waals surface area contributed by atoms with E-state index in [0.29, 0.717) is 10.6 Å². The lowest BCUT2D eigenvalue weighted by molar-refractivity contribution is 0.609. The third kappa shape index (κ3) is 3.55. The van der Waals surface area contributed by atoms with Gasteiger partial charge in [-0.25, -0.2) is 8.42 Å². The minimum Gasteiger partial charge on any atom is -0.212 e. The number of halogens is 2. The predicted molar refractivity (Wildman–Crippen MR) is 54.7 cm³/mol.